The van der Waals surface area contributed by atoms with Gasteiger partial charge in [0.05, 0.1) is 12.8 Å². The van der Waals surface area contributed by atoms with E-state index in [1.165, 1.54) is 23.5 Å². The summed E-state index contributed by atoms with van der Waals surface area (Å²) >= 11 is 73.0. The van der Waals surface area contributed by atoms with Crippen LogP contribution in [0.25, 0.3) is 22.8 Å². The largest absolute Gasteiger partial charge is 0.481 e. The number of hydrogen-bond donors (Lipinski definition) is 2. The lowest BCUT2D eigenvalue weighted by Gasteiger charge is -2.15. The van der Waals surface area contributed by atoms with E-state index in [9.17, 15) is 9.59 Å². The minimum atomic E-state index is -1.92. The van der Waals surface area contributed by atoms with Crippen LogP contribution in [0.5, 0.6) is 0 Å². The normalized spacial score (nSPS) is 12.2. The van der Waals surface area contributed by atoms with E-state index < -0.39 is 27.1 Å². The first kappa shape index (κ1) is 46.0. The average molecular weight is 992 g/mol. The van der Waals surface area contributed by atoms with Crippen LogP contribution in [0.1, 0.15) is 36.1 Å². The number of nitrogens with zero attached hydrogens (tertiary/aromatic N) is 6. The van der Waals surface area contributed by atoms with Crippen molar-refractivity contribution in [2.75, 3.05) is 11.5 Å². The van der Waals surface area contributed by atoms with Crippen molar-refractivity contribution in [2.45, 2.75) is 37.8 Å². The van der Waals surface area contributed by atoms with Crippen molar-refractivity contribution < 1.29 is 19.8 Å². The van der Waals surface area contributed by atoms with Crippen LogP contribution in [0, 0.1) is 0 Å². The highest BCUT2D eigenvalue weighted by atomic mass is 35.6. The molecule has 0 aliphatic carbocycles. The zero-order valence-corrected chi connectivity index (χ0v) is 35.9. The summed E-state index contributed by atoms with van der Waals surface area (Å²) in [5.41, 5.74) is 1.17. The summed E-state index contributed by atoms with van der Waals surface area (Å²) in [6, 6.07) is 14.0. The Morgan fingerprint density at radius 2 is 0.712 bits per heavy atom. The van der Waals surface area contributed by atoms with Crippen LogP contribution in [0.3, 0.4) is 0 Å². The van der Waals surface area contributed by atoms with Crippen molar-refractivity contribution >= 4 is 175 Å². The van der Waals surface area contributed by atoms with Crippen molar-refractivity contribution in [3.05, 3.63) is 71.8 Å². The highest BCUT2D eigenvalue weighted by molar-refractivity contribution is 7.99. The van der Waals surface area contributed by atoms with Gasteiger partial charge in [0, 0.05) is 32.4 Å². The predicted octanol–water partition coefficient (Wildman–Crippen LogP) is 11.5. The number of alkyl halides is 12. The molecule has 0 aliphatic heterocycles. The topological polar surface area (TPSA) is 152 Å². The Bertz CT molecular complexity index is 1660. The van der Waals surface area contributed by atoms with E-state index in [0.29, 0.717) is 22.6 Å². The smallest absolute Gasteiger partial charge is 0.304 e. The predicted molar refractivity (Wildman–Crippen MR) is 213 cm³/mol. The molecular weight excluding hydrogens is 974 g/mol. The molecule has 4 aromatic rings. The summed E-state index contributed by atoms with van der Waals surface area (Å²) in [6.07, 6.45) is 0.137. The molecule has 0 amide bonds. The molecule has 52 heavy (non-hydrogen) atoms. The van der Waals surface area contributed by atoms with E-state index in [2.05, 4.69) is 29.9 Å². The molecule has 0 bridgehead atoms. The van der Waals surface area contributed by atoms with Crippen molar-refractivity contribution in [3.63, 3.8) is 0 Å². The van der Waals surface area contributed by atoms with E-state index in [1.807, 2.05) is 0 Å². The molecule has 0 fully saturated rings. The second-order valence-electron chi connectivity index (χ2n) is 9.64. The van der Waals surface area contributed by atoms with Gasteiger partial charge in [-0.15, -0.1) is 23.5 Å². The Morgan fingerprint density at radius 1 is 0.462 bits per heavy atom. The first-order valence-corrected chi connectivity index (χ1v) is 20.1. The van der Waals surface area contributed by atoms with Gasteiger partial charge >= 0.3 is 11.9 Å². The van der Waals surface area contributed by atoms with Gasteiger partial charge in [-0.25, -0.2) is 29.9 Å². The minimum Gasteiger partial charge on any atom is -0.481 e. The fourth-order valence-corrected chi connectivity index (χ4v) is 6.13. The summed E-state index contributed by atoms with van der Waals surface area (Å²) in [5, 5.41) is 17.3. The van der Waals surface area contributed by atoms with Gasteiger partial charge in [-0.05, 0) is 24.3 Å². The molecular formula is C28H18Cl12N6O4S2. The quantitative estimate of drug-likeness (QED) is 0.115. The monoisotopic (exact) mass is 986 g/mol. The molecule has 0 saturated heterocycles. The second-order valence-corrected chi connectivity index (χ2v) is 21.1. The molecule has 2 aromatic heterocycles. The van der Waals surface area contributed by atoms with Gasteiger partial charge in [-0.1, -0.05) is 163 Å². The van der Waals surface area contributed by atoms with Crippen LogP contribution in [0.15, 0.2) is 58.3 Å². The third kappa shape index (κ3) is 15.3. The van der Waals surface area contributed by atoms with E-state index in [4.69, 9.17) is 149 Å². The molecule has 2 N–H and O–H groups in total. The number of carboxylic acids is 2. The summed E-state index contributed by atoms with van der Waals surface area (Å²) in [6.45, 7) is 0. The van der Waals surface area contributed by atoms with Gasteiger partial charge in [0.15, 0.2) is 34.9 Å². The molecule has 0 atom stereocenters. The Morgan fingerprint density at radius 3 is 0.923 bits per heavy atom. The lowest BCUT2D eigenvalue weighted by Crippen LogP contribution is -2.16. The average Bonchev–Trinajstić information content (AvgIpc) is 3.03. The number of rotatable bonds is 10. The lowest BCUT2D eigenvalue weighted by atomic mass is 10.2. The minimum absolute atomic E-state index is 0.0686. The first-order valence-electron chi connectivity index (χ1n) is 13.6. The van der Waals surface area contributed by atoms with E-state index in [-0.39, 0.29) is 47.8 Å². The molecule has 0 unspecified atom stereocenters. The molecule has 0 saturated carbocycles. The number of carbonyl (C=O) groups is 2. The molecule has 2 aromatic carbocycles. The van der Waals surface area contributed by atoms with Gasteiger partial charge in [0.1, 0.15) is 0 Å². The molecule has 24 heteroatoms. The third-order valence-electron chi connectivity index (χ3n) is 5.68. The summed E-state index contributed by atoms with van der Waals surface area (Å²) in [4.78, 5) is 47.2. The number of aromatic nitrogens is 6. The summed E-state index contributed by atoms with van der Waals surface area (Å²) in [7, 11) is 0. The second kappa shape index (κ2) is 19.6. The molecule has 0 spiro atoms. The molecule has 280 valence electrons. The molecule has 0 aliphatic rings. The van der Waals surface area contributed by atoms with Crippen LogP contribution < -0.4 is 0 Å². The van der Waals surface area contributed by atoms with Gasteiger partial charge in [-0.2, -0.15) is 0 Å². The van der Waals surface area contributed by atoms with Gasteiger partial charge in [0.25, 0.3) is 0 Å². The highest BCUT2D eigenvalue weighted by Gasteiger charge is 2.35. The zero-order valence-electron chi connectivity index (χ0n) is 25.2. The van der Waals surface area contributed by atoms with Crippen molar-refractivity contribution in [2.24, 2.45) is 0 Å². The number of thioether (sulfide) groups is 2. The molecule has 2 heterocycles. The first-order chi connectivity index (χ1) is 23.9. The van der Waals surface area contributed by atoms with Gasteiger partial charge in [-0.3, -0.25) is 9.59 Å². The van der Waals surface area contributed by atoms with Crippen LogP contribution in [-0.2, 0) is 24.8 Å². The van der Waals surface area contributed by atoms with Crippen LogP contribution in [0.4, 0.5) is 0 Å². The third-order valence-corrected chi connectivity index (χ3v) is 9.74. The van der Waals surface area contributed by atoms with Crippen molar-refractivity contribution in [1.29, 1.82) is 0 Å². The Balaban J connectivity index is 0.000000280. The maximum Gasteiger partial charge on any atom is 0.304 e. The molecule has 10 nitrogen and oxygen atoms in total. The van der Waals surface area contributed by atoms with Gasteiger partial charge < -0.3 is 10.2 Å². The Labute approximate surface area is 364 Å². The lowest BCUT2D eigenvalue weighted by molar-refractivity contribution is -0.137. The number of halogens is 12. The Hall–Kier alpha value is -0.420. The fraction of sp³-hybridized carbons (Fsp3) is 0.286. The van der Waals surface area contributed by atoms with E-state index >= 15 is 0 Å². The summed E-state index contributed by atoms with van der Waals surface area (Å²) in [5.74, 6) is -1.14. The highest BCUT2D eigenvalue weighted by Crippen LogP contribution is 2.42. The van der Waals surface area contributed by atoms with Crippen LogP contribution in [0.2, 0.25) is 0 Å². The Kier molecular flexibility index (Phi) is 17.4. The number of benzene rings is 2. The molecule has 0 radical (unpaired) electrons. The van der Waals surface area contributed by atoms with E-state index in [1.54, 1.807) is 48.5 Å². The standard InChI is InChI=1S/2C14H9Cl6N3O2S/c2*15-13(16,17)11-21-10(22-12(23-11)14(18,19)20)7-1-3-8(4-2-7)26-6-5-9(24)25/h2*1-4H,5-6H2,(H,24,25). The van der Waals surface area contributed by atoms with Crippen molar-refractivity contribution in [3.8, 4) is 22.8 Å². The zero-order chi connectivity index (χ0) is 39.1. The van der Waals surface area contributed by atoms with Crippen LogP contribution >= 0.6 is 163 Å². The number of aliphatic carboxylic acids is 2. The maximum atomic E-state index is 10.6. The number of carboxylic acid groups (broad SMARTS) is 2. The molecule has 4 rings (SSSR count). The SMILES string of the molecule is O=C(O)CCSc1ccc(-c2nc(C(Cl)(Cl)Cl)nc(C(Cl)(Cl)Cl)n2)cc1.O=C(O)CCSc1ccc(-c2nc(C(Cl)(Cl)Cl)nc(C(Cl)(Cl)Cl)n2)cc1. The maximum absolute atomic E-state index is 10.6. The van der Waals surface area contributed by atoms with Crippen molar-refractivity contribution in [1.82, 2.24) is 29.9 Å². The van der Waals surface area contributed by atoms with Gasteiger partial charge in [0.2, 0.25) is 15.2 Å². The fourth-order valence-electron chi connectivity index (χ4n) is 3.43. The number of hydrogen-bond acceptors (Lipinski definition) is 10. The van der Waals surface area contributed by atoms with E-state index in [0.717, 1.165) is 9.79 Å². The van der Waals surface area contributed by atoms with Crippen LogP contribution in [-0.4, -0.2) is 63.6 Å². The summed E-state index contributed by atoms with van der Waals surface area (Å²) < 4.78 is -7.69.